The summed E-state index contributed by atoms with van der Waals surface area (Å²) >= 11 is -0.192. The Labute approximate surface area is 72.4 Å². The predicted octanol–water partition coefficient (Wildman–Crippen LogP) is 1.56. The number of rotatable bonds is 4. The van der Waals surface area contributed by atoms with E-state index < -0.39 is 0 Å². The van der Waals surface area contributed by atoms with Crippen molar-refractivity contribution in [2.45, 2.75) is 24.2 Å². The first kappa shape index (κ1) is 8.18. The number of aromatic nitrogens is 1. The fourth-order valence-electron chi connectivity index (χ4n) is 0.840. The van der Waals surface area contributed by atoms with Gasteiger partial charge in [0, 0.05) is 0 Å². The third-order valence-electron chi connectivity index (χ3n) is 1.44. The Hall–Kier alpha value is 0.0787. The minimum absolute atomic E-state index is 0.192. The van der Waals surface area contributed by atoms with E-state index in [2.05, 4.69) is 24.0 Å². The molecule has 0 aromatic carbocycles. The standard InChI is InChI=1S/C4H4N.C4H9.Sn/c1-2-4-5-3-1;1-3-4-2;/h1-3,5H;1,3-4H2,2H3;. The Morgan fingerprint density at radius 1 is 1.60 bits per heavy atom. The zero-order valence-corrected chi connectivity index (χ0v) is 9.21. The van der Waals surface area contributed by atoms with Gasteiger partial charge >= 0.3 is 72.4 Å². The van der Waals surface area contributed by atoms with Gasteiger partial charge in [0.05, 0.1) is 0 Å². The van der Waals surface area contributed by atoms with Crippen LogP contribution in [-0.2, 0) is 0 Å². The number of unbranched alkanes of at least 4 members (excludes halogenated alkanes) is 1. The van der Waals surface area contributed by atoms with Gasteiger partial charge in [-0.1, -0.05) is 0 Å². The van der Waals surface area contributed by atoms with Crippen LogP contribution in [0.25, 0.3) is 0 Å². The number of H-pyrrole nitrogens is 1. The van der Waals surface area contributed by atoms with Crippen molar-refractivity contribution >= 4 is 24.9 Å². The summed E-state index contributed by atoms with van der Waals surface area (Å²) in [4.78, 5) is 3.27. The molecule has 0 aliphatic carbocycles. The van der Waals surface area contributed by atoms with Crippen LogP contribution >= 0.6 is 0 Å². The van der Waals surface area contributed by atoms with E-state index in [0.29, 0.717) is 0 Å². The van der Waals surface area contributed by atoms with Gasteiger partial charge in [-0.15, -0.1) is 0 Å². The molecule has 1 nitrogen and oxygen atoms in total. The molecule has 0 aliphatic rings. The van der Waals surface area contributed by atoms with Crippen LogP contribution < -0.4 is 3.71 Å². The van der Waals surface area contributed by atoms with Crippen LogP contribution in [0.1, 0.15) is 19.8 Å². The summed E-state index contributed by atoms with van der Waals surface area (Å²) in [6.45, 7) is 2.26. The van der Waals surface area contributed by atoms with Gasteiger partial charge in [0.15, 0.2) is 0 Å². The Morgan fingerprint density at radius 3 is 3.10 bits per heavy atom. The maximum absolute atomic E-state index is 3.27. The molecule has 0 amide bonds. The summed E-state index contributed by atoms with van der Waals surface area (Å²) in [5, 5.41) is 0. The summed E-state index contributed by atoms with van der Waals surface area (Å²) in [5.41, 5.74) is 0. The topological polar surface area (TPSA) is 15.8 Å². The van der Waals surface area contributed by atoms with Gasteiger partial charge < -0.3 is 0 Å². The fourth-order valence-corrected chi connectivity index (χ4v) is 4.26. The Balaban J connectivity index is 2.15. The molecule has 0 atom stereocenters. The van der Waals surface area contributed by atoms with Crippen molar-refractivity contribution < 1.29 is 0 Å². The molecular formula is C8H13NSn. The van der Waals surface area contributed by atoms with Gasteiger partial charge in [0.1, 0.15) is 0 Å². The molecule has 2 heteroatoms. The molecule has 0 fully saturated rings. The zero-order valence-electron chi connectivity index (χ0n) is 6.35. The summed E-state index contributed by atoms with van der Waals surface area (Å²) in [6.07, 6.45) is 4.80. The van der Waals surface area contributed by atoms with E-state index in [4.69, 9.17) is 0 Å². The van der Waals surface area contributed by atoms with Gasteiger partial charge in [0.25, 0.3) is 0 Å². The molecule has 1 N–H and O–H groups in total. The number of nitrogens with one attached hydrogen (secondary N) is 1. The van der Waals surface area contributed by atoms with E-state index in [0.717, 1.165) is 0 Å². The second-order valence-corrected chi connectivity index (χ2v) is 6.34. The molecule has 1 heterocycles. The van der Waals surface area contributed by atoms with Crippen LogP contribution in [-0.4, -0.2) is 26.1 Å². The zero-order chi connectivity index (χ0) is 7.23. The van der Waals surface area contributed by atoms with Crippen LogP contribution in [0.15, 0.2) is 18.3 Å². The molecule has 2 radical (unpaired) electrons. The molecule has 1 rings (SSSR count). The first-order valence-electron chi connectivity index (χ1n) is 3.80. The molecule has 0 saturated heterocycles. The quantitative estimate of drug-likeness (QED) is 0.609. The van der Waals surface area contributed by atoms with Crippen molar-refractivity contribution in [2.24, 2.45) is 0 Å². The van der Waals surface area contributed by atoms with E-state index in [9.17, 15) is 0 Å². The SMILES string of the molecule is CCC[CH2][Sn][c]1ccc[nH]1. The number of aromatic amines is 1. The van der Waals surface area contributed by atoms with E-state index in [-0.39, 0.29) is 21.1 Å². The van der Waals surface area contributed by atoms with E-state index in [1.165, 1.54) is 21.0 Å². The Bertz CT molecular complexity index is 158. The third kappa shape index (κ3) is 2.77. The number of hydrogen-bond donors (Lipinski definition) is 1. The third-order valence-corrected chi connectivity index (χ3v) is 5.14. The summed E-state index contributed by atoms with van der Waals surface area (Å²) in [6, 6.07) is 4.32. The van der Waals surface area contributed by atoms with Gasteiger partial charge in [0.2, 0.25) is 0 Å². The molecule has 0 saturated carbocycles. The molecule has 1 aromatic heterocycles. The summed E-state index contributed by atoms with van der Waals surface area (Å²) in [5.74, 6) is 0. The van der Waals surface area contributed by atoms with Crippen LogP contribution in [0.4, 0.5) is 0 Å². The monoisotopic (exact) mass is 243 g/mol. The second-order valence-electron chi connectivity index (χ2n) is 2.36. The van der Waals surface area contributed by atoms with E-state index >= 15 is 0 Å². The Kier molecular flexibility index (Phi) is 3.95. The van der Waals surface area contributed by atoms with Gasteiger partial charge in [-0.05, 0) is 0 Å². The van der Waals surface area contributed by atoms with Crippen molar-refractivity contribution in [2.75, 3.05) is 0 Å². The minimum atomic E-state index is -0.192. The Morgan fingerprint density at radius 2 is 2.50 bits per heavy atom. The maximum atomic E-state index is 3.27. The molecule has 0 bridgehead atoms. The van der Waals surface area contributed by atoms with Crippen molar-refractivity contribution in [3.8, 4) is 0 Å². The molecule has 0 unspecified atom stereocenters. The molecule has 54 valence electrons. The van der Waals surface area contributed by atoms with Crippen LogP contribution in [0.5, 0.6) is 0 Å². The van der Waals surface area contributed by atoms with Crippen molar-refractivity contribution in [1.82, 2.24) is 4.98 Å². The van der Waals surface area contributed by atoms with Crippen molar-refractivity contribution in [3.63, 3.8) is 0 Å². The van der Waals surface area contributed by atoms with Crippen molar-refractivity contribution in [3.05, 3.63) is 18.3 Å². The second kappa shape index (κ2) is 4.83. The molecule has 10 heavy (non-hydrogen) atoms. The first-order valence-corrected chi connectivity index (χ1v) is 7.25. The average molecular weight is 242 g/mol. The normalized spacial score (nSPS) is 10.1. The number of hydrogen-bond acceptors (Lipinski definition) is 0. The molecule has 0 aliphatic heterocycles. The molecule has 0 spiro atoms. The summed E-state index contributed by atoms with van der Waals surface area (Å²) in [7, 11) is 0. The molecular weight excluding hydrogens is 229 g/mol. The van der Waals surface area contributed by atoms with Crippen molar-refractivity contribution in [1.29, 1.82) is 0 Å². The van der Waals surface area contributed by atoms with E-state index in [1.54, 1.807) is 0 Å². The van der Waals surface area contributed by atoms with Crippen LogP contribution in [0, 0.1) is 0 Å². The van der Waals surface area contributed by atoms with Gasteiger partial charge in [-0.2, -0.15) is 0 Å². The average Bonchev–Trinajstić information content (AvgIpc) is 2.41. The predicted molar refractivity (Wildman–Crippen MR) is 45.9 cm³/mol. The summed E-state index contributed by atoms with van der Waals surface area (Å²) < 4.78 is 3.03. The fraction of sp³-hybridized carbons (Fsp3) is 0.500. The van der Waals surface area contributed by atoms with Gasteiger partial charge in [-0.25, -0.2) is 0 Å². The van der Waals surface area contributed by atoms with Crippen LogP contribution in [0.3, 0.4) is 0 Å². The molecule has 1 aromatic rings. The van der Waals surface area contributed by atoms with E-state index in [1.807, 2.05) is 6.20 Å². The van der Waals surface area contributed by atoms with Crippen LogP contribution in [0.2, 0.25) is 4.44 Å². The first-order chi connectivity index (χ1) is 4.93. The van der Waals surface area contributed by atoms with Gasteiger partial charge in [-0.3, -0.25) is 0 Å².